The highest BCUT2D eigenvalue weighted by Gasteiger charge is 2.32. The van der Waals surface area contributed by atoms with E-state index in [1.54, 1.807) is 24.2 Å². The first kappa shape index (κ1) is 21.6. The van der Waals surface area contributed by atoms with Crippen LogP contribution in [-0.4, -0.2) is 62.3 Å². The molecule has 1 aromatic carbocycles. The van der Waals surface area contributed by atoms with Crippen molar-refractivity contribution in [2.45, 2.75) is 26.2 Å². The number of aryl methyl sites for hydroxylation is 1. The number of rotatable bonds is 6. The highest BCUT2D eigenvalue weighted by atomic mass is 16.5. The molecule has 1 aliphatic heterocycles. The molecule has 8 heteroatoms. The third-order valence-electron chi connectivity index (χ3n) is 5.22. The summed E-state index contributed by atoms with van der Waals surface area (Å²) in [6.07, 6.45) is 4.33. The van der Waals surface area contributed by atoms with Crippen LogP contribution >= 0.6 is 0 Å². The Hall–Kier alpha value is -3.65. The van der Waals surface area contributed by atoms with E-state index in [4.69, 9.17) is 4.74 Å². The molecule has 0 aliphatic carbocycles. The normalized spacial score (nSPS) is 16.7. The van der Waals surface area contributed by atoms with Gasteiger partial charge in [-0.3, -0.25) is 19.6 Å². The Morgan fingerprint density at radius 3 is 2.56 bits per heavy atom. The van der Waals surface area contributed by atoms with E-state index in [2.05, 4.69) is 15.0 Å². The van der Waals surface area contributed by atoms with E-state index in [1.165, 1.54) is 11.1 Å². The van der Waals surface area contributed by atoms with Gasteiger partial charge in [0.05, 0.1) is 30.3 Å². The Morgan fingerprint density at radius 2 is 1.84 bits per heavy atom. The fourth-order valence-corrected chi connectivity index (χ4v) is 3.55. The predicted octanol–water partition coefficient (Wildman–Crippen LogP) is 2.25. The smallest absolute Gasteiger partial charge is 0.274 e. The molecule has 1 atom stereocenters. The summed E-state index contributed by atoms with van der Waals surface area (Å²) in [5.74, 6) is -0.468. The van der Waals surface area contributed by atoms with Gasteiger partial charge in [-0.2, -0.15) is 0 Å². The quantitative estimate of drug-likeness (QED) is 0.595. The van der Waals surface area contributed by atoms with E-state index in [0.29, 0.717) is 19.7 Å². The van der Waals surface area contributed by atoms with Crippen LogP contribution in [0.5, 0.6) is 0 Å². The minimum atomic E-state index is -0.366. The first-order valence-corrected chi connectivity index (χ1v) is 10.5. The van der Waals surface area contributed by atoms with Crippen molar-refractivity contribution in [2.24, 2.45) is 0 Å². The number of hydrogen-bond donors (Lipinski definition) is 0. The fourth-order valence-electron chi connectivity index (χ4n) is 3.55. The van der Waals surface area contributed by atoms with Gasteiger partial charge in [-0.15, -0.1) is 0 Å². The summed E-state index contributed by atoms with van der Waals surface area (Å²) in [6.45, 7) is 3.17. The van der Waals surface area contributed by atoms with E-state index < -0.39 is 0 Å². The molecule has 2 aromatic heterocycles. The number of carbonyl (C=O) groups is 2. The fraction of sp³-hybridized carbons (Fsp3) is 0.292. The van der Waals surface area contributed by atoms with Crippen molar-refractivity contribution in [3.8, 4) is 0 Å². The molecular weight excluding hydrogens is 406 g/mol. The van der Waals surface area contributed by atoms with Crippen LogP contribution in [0.1, 0.15) is 27.4 Å². The second-order valence-electron chi connectivity index (χ2n) is 7.74. The topological polar surface area (TPSA) is 88.5 Å². The van der Waals surface area contributed by atoms with Crippen molar-refractivity contribution in [3.63, 3.8) is 0 Å². The lowest BCUT2D eigenvalue weighted by Gasteiger charge is -2.24. The molecule has 164 valence electrons. The van der Waals surface area contributed by atoms with E-state index in [9.17, 15) is 9.59 Å². The number of nitrogens with zero attached hydrogens (tertiary/aromatic N) is 5. The lowest BCUT2D eigenvalue weighted by Crippen LogP contribution is -2.40. The van der Waals surface area contributed by atoms with E-state index in [-0.39, 0.29) is 36.7 Å². The first-order valence-electron chi connectivity index (χ1n) is 10.5. The zero-order chi connectivity index (χ0) is 22.3. The molecule has 1 saturated heterocycles. The predicted molar refractivity (Wildman–Crippen MR) is 117 cm³/mol. The summed E-state index contributed by atoms with van der Waals surface area (Å²) in [6, 6.07) is 15.4. The Kier molecular flexibility index (Phi) is 6.81. The molecule has 4 rings (SSSR count). The maximum Gasteiger partial charge on any atom is 0.274 e. The number of aromatic nitrogens is 3. The van der Waals surface area contributed by atoms with Crippen molar-refractivity contribution in [2.75, 3.05) is 19.6 Å². The van der Waals surface area contributed by atoms with Gasteiger partial charge in [0.25, 0.3) is 5.91 Å². The highest BCUT2D eigenvalue weighted by Crippen LogP contribution is 2.15. The maximum absolute atomic E-state index is 13.1. The molecule has 2 amide bonds. The van der Waals surface area contributed by atoms with Crippen LogP contribution in [0.25, 0.3) is 0 Å². The average Bonchev–Trinajstić information content (AvgIpc) is 2.98. The molecule has 3 heterocycles. The van der Waals surface area contributed by atoms with Gasteiger partial charge in [0.2, 0.25) is 5.91 Å². The van der Waals surface area contributed by atoms with Gasteiger partial charge in [0.1, 0.15) is 12.2 Å². The zero-order valence-corrected chi connectivity index (χ0v) is 17.9. The molecule has 0 radical (unpaired) electrons. The van der Waals surface area contributed by atoms with Gasteiger partial charge >= 0.3 is 0 Å². The highest BCUT2D eigenvalue weighted by molar-refractivity contribution is 5.95. The van der Waals surface area contributed by atoms with Crippen molar-refractivity contribution >= 4 is 11.8 Å². The molecule has 1 unspecified atom stereocenters. The van der Waals surface area contributed by atoms with Crippen LogP contribution in [0, 0.1) is 6.92 Å². The number of benzene rings is 1. The van der Waals surface area contributed by atoms with Crippen molar-refractivity contribution < 1.29 is 14.3 Å². The van der Waals surface area contributed by atoms with Crippen molar-refractivity contribution in [1.82, 2.24) is 24.8 Å². The second-order valence-corrected chi connectivity index (χ2v) is 7.74. The van der Waals surface area contributed by atoms with Gasteiger partial charge in [-0.25, -0.2) is 4.98 Å². The number of amides is 2. The minimum absolute atomic E-state index is 0.0370. The van der Waals surface area contributed by atoms with Gasteiger partial charge in [0.15, 0.2) is 0 Å². The Bertz CT molecular complexity index is 1040. The Morgan fingerprint density at radius 1 is 1.03 bits per heavy atom. The SMILES string of the molecule is Cc1cnc(C(=O)N2CC(=O)N(Cc3ccccc3)CC(OCc3ccccn3)C2)cn1. The third kappa shape index (κ3) is 5.53. The molecule has 3 aromatic rings. The molecule has 0 saturated carbocycles. The lowest BCUT2D eigenvalue weighted by molar-refractivity contribution is -0.132. The van der Waals surface area contributed by atoms with Crippen LogP contribution in [0.15, 0.2) is 67.1 Å². The summed E-state index contributed by atoms with van der Waals surface area (Å²) in [5.41, 5.74) is 2.75. The third-order valence-corrected chi connectivity index (χ3v) is 5.22. The van der Waals surface area contributed by atoms with Gasteiger partial charge in [-0.05, 0) is 24.6 Å². The van der Waals surface area contributed by atoms with Crippen molar-refractivity contribution in [1.29, 1.82) is 0 Å². The Labute approximate surface area is 186 Å². The molecule has 1 aliphatic rings. The summed E-state index contributed by atoms with van der Waals surface area (Å²) in [5, 5.41) is 0. The van der Waals surface area contributed by atoms with Gasteiger partial charge in [-0.1, -0.05) is 36.4 Å². The largest absolute Gasteiger partial charge is 0.368 e. The van der Waals surface area contributed by atoms with Gasteiger partial charge < -0.3 is 14.5 Å². The monoisotopic (exact) mass is 431 g/mol. The molecule has 1 fully saturated rings. The molecule has 0 bridgehead atoms. The number of pyridine rings is 1. The minimum Gasteiger partial charge on any atom is -0.368 e. The number of carbonyl (C=O) groups excluding carboxylic acids is 2. The molecule has 0 spiro atoms. The standard InChI is InChI=1S/C24H25N5O3/c1-18-11-27-22(12-26-18)24(31)29-15-21(32-17-20-9-5-6-10-25-20)14-28(23(30)16-29)13-19-7-3-2-4-8-19/h2-12,21H,13-17H2,1H3. The molecule has 8 nitrogen and oxygen atoms in total. The second kappa shape index (κ2) is 10.1. The van der Waals surface area contributed by atoms with Crippen LogP contribution in [0.4, 0.5) is 0 Å². The van der Waals surface area contributed by atoms with E-state index in [1.807, 2.05) is 48.5 Å². The van der Waals surface area contributed by atoms with Crippen LogP contribution in [0.2, 0.25) is 0 Å². The molecule has 0 N–H and O–H groups in total. The summed E-state index contributed by atoms with van der Waals surface area (Å²) >= 11 is 0. The maximum atomic E-state index is 13.1. The van der Waals surface area contributed by atoms with Gasteiger partial charge in [0, 0.05) is 32.0 Å². The average molecular weight is 431 g/mol. The van der Waals surface area contributed by atoms with Crippen LogP contribution < -0.4 is 0 Å². The zero-order valence-electron chi connectivity index (χ0n) is 17.9. The van der Waals surface area contributed by atoms with Crippen LogP contribution in [-0.2, 0) is 22.7 Å². The van der Waals surface area contributed by atoms with Crippen molar-refractivity contribution in [3.05, 3.63) is 89.8 Å². The van der Waals surface area contributed by atoms with E-state index in [0.717, 1.165) is 17.0 Å². The lowest BCUT2D eigenvalue weighted by atomic mass is 10.2. The Balaban J connectivity index is 1.53. The van der Waals surface area contributed by atoms with E-state index >= 15 is 0 Å². The van der Waals surface area contributed by atoms with Crippen LogP contribution in [0.3, 0.4) is 0 Å². The number of hydrogen-bond acceptors (Lipinski definition) is 6. The molecular formula is C24H25N5O3. The summed E-state index contributed by atoms with van der Waals surface area (Å²) < 4.78 is 6.11. The first-order chi connectivity index (χ1) is 15.6. The number of ether oxygens (including phenoxy) is 1. The summed E-state index contributed by atoms with van der Waals surface area (Å²) in [4.78, 5) is 42.0. The summed E-state index contributed by atoms with van der Waals surface area (Å²) in [7, 11) is 0. The molecule has 32 heavy (non-hydrogen) atoms.